The fourth-order valence-electron chi connectivity index (χ4n) is 3.21. The molecule has 0 radical (unpaired) electrons. The van der Waals surface area contributed by atoms with E-state index < -0.39 is 0 Å². The molecule has 1 N–H and O–H groups in total. The zero-order chi connectivity index (χ0) is 19.5. The maximum Gasteiger partial charge on any atom is 0.275 e. The Morgan fingerprint density at radius 1 is 0.929 bits per heavy atom. The summed E-state index contributed by atoms with van der Waals surface area (Å²) >= 11 is 0. The molecule has 28 heavy (non-hydrogen) atoms. The summed E-state index contributed by atoms with van der Waals surface area (Å²) < 4.78 is 1.23. The number of aryl methyl sites for hydroxylation is 1. The van der Waals surface area contributed by atoms with Gasteiger partial charge in [-0.15, -0.1) is 0 Å². The summed E-state index contributed by atoms with van der Waals surface area (Å²) in [6.45, 7) is 1.80. The molecule has 0 aliphatic rings. The zero-order valence-electron chi connectivity index (χ0n) is 15.4. The van der Waals surface area contributed by atoms with Gasteiger partial charge in [-0.1, -0.05) is 60.7 Å². The van der Waals surface area contributed by atoms with Crippen molar-refractivity contribution < 1.29 is 4.79 Å². The number of carbonyl (C=O) groups excluding carboxylic acids is 1. The van der Waals surface area contributed by atoms with Gasteiger partial charge in [0.25, 0.3) is 5.56 Å². The minimum atomic E-state index is -0.297. The Kier molecular flexibility index (Phi) is 4.72. The van der Waals surface area contributed by atoms with Crippen LogP contribution >= 0.6 is 0 Å². The summed E-state index contributed by atoms with van der Waals surface area (Å²) in [4.78, 5) is 25.4. The van der Waals surface area contributed by atoms with Crippen molar-refractivity contribution in [3.05, 3.63) is 94.8 Å². The number of nitrogens with zero attached hydrogens (tertiary/aromatic N) is 2. The molecule has 4 rings (SSSR count). The lowest BCUT2D eigenvalue weighted by Crippen LogP contribution is -2.30. The van der Waals surface area contributed by atoms with Gasteiger partial charge in [0, 0.05) is 16.6 Å². The Labute approximate surface area is 162 Å². The Morgan fingerprint density at radius 3 is 2.39 bits per heavy atom. The lowest BCUT2D eigenvalue weighted by molar-refractivity contribution is -0.117. The molecule has 0 saturated heterocycles. The molecule has 0 atom stereocenters. The van der Waals surface area contributed by atoms with Crippen molar-refractivity contribution >= 4 is 22.4 Å². The summed E-state index contributed by atoms with van der Waals surface area (Å²) in [5.74, 6) is -0.297. The quantitative estimate of drug-likeness (QED) is 0.591. The molecule has 5 heteroatoms. The van der Waals surface area contributed by atoms with Crippen LogP contribution in [0.1, 0.15) is 5.56 Å². The van der Waals surface area contributed by atoms with Crippen molar-refractivity contribution in [1.29, 1.82) is 0 Å². The Hall–Kier alpha value is -3.73. The highest BCUT2D eigenvalue weighted by Crippen LogP contribution is 2.24. The molecular formula is C23H19N3O2. The minimum absolute atomic E-state index is 0.155. The van der Waals surface area contributed by atoms with Gasteiger partial charge in [-0.05, 0) is 30.7 Å². The van der Waals surface area contributed by atoms with Crippen LogP contribution in [-0.2, 0) is 11.3 Å². The number of fused-ring (bicyclic) bond motifs is 1. The zero-order valence-corrected chi connectivity index (χ0v) is 15.4. The first-order valence-corrected chi connectivity index (χ1v) is 9.03. The number of aromatic nitrogens is 2. The van der Waals surface area contributed by atoms with Crippen LogP contribution in [0.2, 0.25) is 0 Å². The molecule has 1 heterocycles. The molecule has 0 unspecified atom stereocenters. The van der Waals surface area contributed by atoms with E-state index in [9.17, 15) is 9.59 Å². The van der Waals surface area contributed by atoms with Crippen LogP contribution in [0.3, 0.4) is 0 Å². The molecule has 5 nitrogen and oxygen atoms in total. The van der Waals surface area contributed by atoms with Crippen molar-refractivity contribution in [2.45, 2.75) is 13.5 Å². The number of nitrogens with one attached hydrogen (secondary N) is 1. The fourth-order valence-corrected chi connectivity index (χ4v) is 3.21. The predicted octanol–water partition coefficient (Wildman–Crippen LogP) is 4.01. The van der Waals surface area contributed by atoms with E-state index in [4.69, 9.17) is 0 Å². The van der Waals surface area contributed by atoms with Crippen LogP contribution < -0.4 is 10.9 Å². The number of hydrogen-bond donors (Lipinski definition) is 1. The van der Waals surface area contributed by atoms with Crippen LogP contribution in [0, 0.1) is 6.92 Å². The van der Waals surface area contributed by atoms with Gasteiger partial charge >= 0.3 is 0 Å². The molecule has 4 aromatic rings. The van der Waals surface area contributed by atoms with Gasteiger partial charge in [-0.2, -0.15) is 5.10 Å². The van der Waals surface area contributed by atoms with Crippen molar-refractivity contribution in [1.82, 2.24) is 9.78 Å². The largest absolute Gasteiger partial charge is 0.324 e. The third kappa shape index (κ3) is 3.55. The smallest absolute Gasteiger partial charge is 0.275 e. The number of rotatable bonds is 4. The minimum Gasteiger partial charge on any atom is -0.324 e. The Bertz CT molecular complexity index is 1210. The van der Waals surface area contributed by atoms with Crippen LogP contribution in [0.4, 0.5) is 5.69 Å². The van der Waals surface area contributed by atoms with E-state index in [2.05, 4.69) is 10.4 Å². The number of amides is 1. The van der Waals surface area contributed by atoms with Gasteiger partial charge in [0.15, 0.2) is 0 Å². The topological polar surface area (TPSA) is 64.0 Å². The van der Waals surface area contributed by atoms with Gasteiger partial charge in [0.05, 0.1) is 11.1 Å². The van der Waals surface area contributed by atoms with Crippen molar-refractivity contribution in [2.75, 3.05) is 5.32 Å². The normalized spacial score (nSPS) is 10.8. The van der Waals surface area contributed by atoms with Gasteiger partial charge in [0.1, 0.15) is 6.54 Å². The summed E-state index contributed by atoms with van der Waals surface area (Å²) in [7, 11) is 0. The standard InChI is InChI=1S/C23H19N3O2/c1-16-8-7-11-18(14-16)24-21(27)15-26-23(28)20-13-6-5-12-19(20)22(25-26)17-9-3-2-4-10-17/h2-14H,15H2,1H3,(H,24,27). The molecule has 3 aromatic carbocycles. The maximum atomic E-state index is 12.9. The molecule has 1 aromatic heterocycles. The number of benzene rings is 3. The molecule has 0 spiro atoms. The summed E-state index contributed by atoms with van der Waals surface area (Å²) in [5, 5.41) is 8.65. The molecule has 138 valence electrons. The van der Waals surface area contributed by atoms with Crippen LogP contribution in [0.25, 0.3) is 22.0 Å². The van der Waals surface area contributed by atoms with E-state index in [0.29, 0.717) is 16.8 Å². The molecule has 0 fully saturated rings. The predicted molar refractivity (Wildman–Crippen MR) is 111 cm³/mol. The second kappa shape index (κ2) is 7.48. The third-order valence-corrected chi connectivity index (χ3v) is 4.51. The van der Waals surface area contributed by atoms with E-state index in [-0.39, 0.29) is 18.0 Å². The second-order valence-electron chi connectivity index (χ2n) is 6.64. The molecule has 0 saturated carbocycles. The van der Waals surface area contributed by atoms with E-state index in [1.165, 1.54) is 4.68 Å². The Balaban J connectivity index is 1.74. The van der Waals surface area contributed by atoms with Crippen LogP contribution in [0.15, 0.2) is 83.7 Å². The SMILES string of the molecule is Cc1cccc(NC(=O)Cn2nc(-c3ccccc3)c3ccccc3c2=O)c1. The highest BCUT2D eigenvalue weighted by atomic mass is 16.2. The van der Waals surface area contributed by atoms with Gasteiger partial charge in [-0.3, -0.25) is 9.59 Å². The second-order valence-corrected chi connectivity index (χ2v) is 6.64. The first-order valence-electron chi connectivity index (χ1n) is 9.03. The van der Waals surface area contributed by atoms with Crippen LogP contribution in [0.5, 0.6) is 0 Å². The van der Waals surface area contributed by atoms with E-state index in [0.717, 1.165) is 16.5 Å². The Morgan fingerprint density at radius 2 is 1.64 bits per heavy atom. The van der Waals surface area contributed by atoms with E-state index in [1.807, 2.05) is 79.7 Å². The summed E-state index contributed by atoms with van der Waals surface area (Å²) in [5.41, 5.74) is 3.03. The highest BCUT2D eigenvalue weighted by molar-refractivity contribution is 5.94. The van der Waals surface area contributed by atoms with Crippen LogP contribution in [-0.4, -0.2) is 15.7 Å². The number of carbonyl (C=O) groups is 1. The monoisotopic (exact) mass is 369 g/mol. The molecule has 0 aliphatic carbocycles. The third-order valence-electron chi connectivity index (χ3n) is 4.51. The number of anilines is 1. The first-order chi connectivity index (χ1) is 13.6. The molecule has 0 bridgehead atoms. The lowest BCUT2D eigenvalue weighted by Gasteiger charge is -2.12. The molecule has 1 amide bonds. The van der Waals surface area contributed by atoms with Crippen molar-refractivity contribution in [3.8, 4) is 11.3 Å². The maximum absolute atomic E-state index is 12.9. The summed E-state index contributed by atoms with van der Waals surface area (Å²) in [6, 6.07) is 24.5. The van der Waals surface area contributed by atoms with Gasteiger partial charge < -0.3 is 5.32 Å². The molecular weight excluding hydrogens is 350 g/mol. The summed E-state index contributed by atoms with van der Waals surface area (Å²) in [6.07, 6.45) is 0. The van der Waals surface area contributed by atoms with Crippen molar-refractivity contribution in [2.24, 2.45) is 0 Å². The average Bonchev–Trinajstić information content (AvgIpc) is 2.71. The van der Waals surface area contributed by atoms with E-state index >= 15 is 0 Å². The average molecular weight is 369 g/mol. The fraction of sp³-hybridized carbons (Fsp3) is 0.0870. The van der Waals surface area contributed by atoms with Gasteiger partial charge in [-0.25, -0.2) is 4.68 Å². The van der Waals surface area contributed by atoms with Gasteiger partial charge in [0.2, 0.25) is 5.91 Å². The lowest BCUT2D eigenvalue weighted by atomic mass is 10.1. The molecule has 0 aliphatic heterocycles. The van der Waals surface area contributed by atoms with Crippen molar-refractivity contribution in [3.63, 3.8) is 0 Å². The van der Waals surface area contributed by atoms with E-state index in [1.54, 1.807) is 6.07 Å². The number of hydrogen-bond acceptors (Lipinski definition) is 3. The highest BCUT2D eigenvalue weighted by Gasteiger charge is 2.14. The first kappa shape index (κ1) is 17.7.